The Morgan fingerprint density at radius 3 is 2.84 bits per heavy atom. The molecule has 0 spiro atoms. The normalized spacial score (nSPS) is 13.7. The average molecular weight is 423 g/mol. The zero-order chi connectivity index (χ0) is 21.7. The molecule has 0 atom stereocenters. The van der Waals surface area contributed by atoms with Crippen molar-refractivity contribution in [3.05, 3.63) is 76.7 Å². The number of hydrogen-bond acceptors (Lipinski definition) is 6. The summed E-state index contributed by atoms with van der Waals surface area (Å²) in [7, 11) is 1.89. The fraction of sp³-hybridized carbons (Fsp3) is 0.208. The van der Waals surface area contributed by atoms with Crippen LogP contribution in [0.2, 0.25) is 0 Å². The van der Waals surface area contributed by atoms with Crippen LogP contribution in [0.1, 0.15) is 30.0 Å². The summed E-state index contributed by atoms with van der Waals surface area (Å²) in [5.74, 6) is 1.19. The number of anilines is 1. The van der Waals surface area contributed by atoms with Crippen LogP contribution in [0, 0.1) is 0 Å². The number of H-pyrrole nitrogens is 1. The number of aryl methyl sites for hydroxylation is 1. The number of rotatable bonds is 5. The van der Waals surface area contributed by atoms with Crippen molar-refractivity contribution in [2.24, 2.45) is 7.05 Å². The summed E-state index contributed by atoms with van der Waals surface area (Å²) in [4.78, 5) is 20.9. The van der Waals surface area contributed by atoms with E-state index in [-0.39, 0.29) is 5.56 Å². The molecule has 0 aliphatic heterocycles. The van der Waals surface area contributed by atoms with Crippen molar-refractivity contribution in [1.82, 2.24) is 29.9 Å². The molecule has 1 saturated carbocycles. The average Bonchev–Trinajstić information content (AvgIpc) is 3.57. The van der Waals surface area contributed by atoms with Gasteiger partial charge in [-0.15, -0.1) is 0 Å². The van der Waals surface area contributed by atoms with Gasteiger partial charge in [0.1, 0.15) is 5.82 Å². The molecule has 1 aliphatic carbocycles. The Morgan fingerprint density at radius 1 is 1.19 bits per heavy atom. The number of aromatic nitrogens is 6. The van der Waals surface area contributed by atoms with Gasteiger partial charge in [0.25, 0.3) is 5.56 Å². The van der Waals surface area contributed by atoms with Gasteiger partial charge >= 0.3 is 0 Å². The lowest BCUT2D eigenvalue weighted by Crippen LogP contribution is -2.11. The molecule has 0 unspecified atom stereocenters. The minimum atomic E-state index is -0.120. The minimum Gasteiger partial charge on any atom is -0.364 e. The van der Waals surface area contributed by atoms with E-state index >= 15 is 0 Å². The van der Waals surface area contributed by atoms with Gasteiger partial charge in [-0.2, -0.15) is 15.3 Å². The molecule has 8 heteroatoms. The fourth-order valence-electron chi connectivity index (χ4n) is 4.23. The van der Waals surface area contributed by atoms with Crippen molar-refractivity contribution in [2.75, 3.05) is 5.32 Å². The largest absolute Gasteiger partial charge is 0.364 e. The third-order valence-electron chi connectivity index (χ3n) is 5.98. The van der Waals surface area contributed by atoms with Gasteiger partial charge in [-0.25, -0.2) is 4.98 Å². The molecule has 8 nitrogen and oxygen atoms in total. The fourth-order valence-corrected chi connectivity index (χ4v) is 4.23. The molecule has 4 heterocycles. The number of fused-ring (bicyclic) bond motifs is 3. The summed E-state index contributed by atoms with van der Waals surface area (Å²) in [6, 6.07) is 9.91. The lowest BCUT2D eigenvalue weighted by Gasteiger charge is -2.14. The first-order valence-corrected chi connectivity index (χ1v) is 10.7. The SMILES string of the molecule is Cn1cc(-c2ccc3c(NCc4cccnn4)nc4c(C5CC5)c[nH]c(=O)c4c3c2)cn1. The number of nitrogens with one attached hydrogen (secondary N) is 2. The predicted molar refractivity (Wildman–Crippen MR) is 123 cm³/mol. The highest BCUT2D eigenvalue weighted by molar-refractivity contribution is 6.11. The number of nitrogens with zero attached hydrogens (tertiary/aromatic N) is 5. The van der Waals surface area contributed by atoms with Crippen LogP contribution in [-0.2, 0) is 13.6 Å². The zero-order valence-corrected chi connectivity index (χ0v) is 17.5. The smallest absolute Gasteiger partial charge is 0.258 e. The van der Waals surface area contributed by atoms with E-state index in [0.29, 0.717) is 17.8 Å². The number of hydrogen-bond donors (Lipinski definition) is 2. The summed E-state index contributed by atoms with van der Waals surface area (Å²) in [5, 5.41) is 18.2. The second-order valence-corrected chi connectivity index (χ2v) is 8.26. The van der Waals surface area contributed by atoms with E-state index in [9.17, 15) is 4.79 Å². The van der Waals surface area contributed by atoms with Crippen molar-refractivity contribution < 1.29 is 0 Å². The second kappa shape index (κ2) is 7.26. The van der Waals surface area contributed by atoms with E-state index in [1.165, 1.54) is 0 Å². The summed E-state index contributed by atoms with van der Waals surface area (Å²) in [5.41, 5.74) is 4.59. The monoisotopic (exact) mass is 423 g/mol. The summed E-state index contributed by atoms with van der Waals surface area (Å²) < 4.78 is 1.77. The van der Waals surface area contributed by atoms with E-state index in [1.807, 2.05) is 49.9 Å². The Labute approximate surface area is 183 Å². The highest BCUT2D eigenvalue weighted by Gasteiger charge is 2.28. The van der Waals surface area contributed by atoms with E-state index in [1.54, 1.807) is 10.9 Å². The summed E-state index contributed by atoms with van der Waals surface area (Å²) in [6.07, 6.45) is 9.53. The predicted octanol–water partition coefficient (Wildman–Crippen LogP) is 3.76. The van der Waals surface area contributed by atoms with Crippen LogP contribution in [0.25, 0.3) is 32.8 Å². The van der Waals surface area contributed by atoms with Crippen molar-refractivity contribution >= 4 is 27.5 Å². The molecule has 1 fully saturated rings. The van der Waals surface area contributed by atoms with Crippen LogP contribution in [0.5, 0.6) is 0 Å². The van der Waals surface area contributed by atoms with Gasteiger partial charge in [-0.1, -0.05) is 12.1 Å². The molecule has 32 heavy (non-hydrogen) atoms. The molecular weight excluding hydrogens is 402 g/mol. The minimum absolute atomic E-state index is 0.120. The molecule has 0 amide bonds. The van der Waals surface area contributed by atoms with Gasteiger partial charge in [0, 0.05) is 42.0 Å². The highest BCUT2D eigenvalue weighted by Crippen LogP contribution is 2.43. The lowest BCUT2D eigenvalue weighted by molar-refractivity contribution is 0.768. The topological polar surface area (TPSA) is 101 Å². The van der Waals surface area contributed by atoms with E-state index < -0.39 is 0 Å². The quantitative estimate of drug-likeness (QED) is 0.418. The standard InChI is InChI=1S/C24H21N7O/c1-31-13-16(10-28-31)15-6-7-18-19(9-15)21-22(20(14-4-5-14)12-26-24(21)32)29-23(18)25-11-17-3-2-8-27-30-17/h2-3,6-10,12-14H,4-5,11H2,1H3,(H,25,29)(H,26,32). The molecule has 2 N–H and O–H groups in total. The van der Waals surface area contributed by atoms with Gasteiger partial charge < -0.3 is 10.3 Å². The first-order chi connectivity index (χ1) is 15.7. The number of aromatic amines is 1. The molecule has 4 aromatic heterocycles. The molecule has 1 aliphatic rings. The summed E-state index contributed by atoms with van der Waals surface area (Å²) in [6.45, 7) is 0.494. The maximum atomic E-state index is 13.0. The molecule has 0 radical (unpaired) electrons. The third kappa shape index (κ3) is 3.20. The molecule has 1 aromatic carbocycles. The van der Waals surface area contributed by atoms with Crippen LogP contribution in [0.3, 0.4) is 0 Å². The molecule has 158 valence electrons. The Balaban J connectivity index is 1.58. The van der Waals surface area contributed by atoms with Crippen LogP contribution in [-0.4, -0.2) is 29.9 Å². The highest BCUT2D eigenvalue weighted by atomic mass is 16.1. The molecule has 6 rings (SSSR count). The van der Waals surface area contributed by atoms with Gasteiger partial charge in [-0.3, -0.25) is 9.48 Å². The Kier molecular flexibility index (Phi) is 4.24. The third-order valence-corrected chi connectivity index (χ3v) is 5.98. The Bertz CT molecular complexity index is 1520. The van der Waals surface area contributed by atoms with Gasteiger partial charge in [0.15, 0.2) is 0 Å². The number of benzene rings is 1. The van der Waals surface area contributed by atoms with Crippen LogP contribution in [0.4, 0.5) is 5.82 Å². The Hall–Kier alpha value is -4.07. The summed E-state index contributed by atoms with van der Waals surface area (Å²) >= 11 is 0. The zero-order valence-electron chi connectivity index (χ0n) is 17.5. The first kappa shape index (κ1) is 18.7. The van der Waals surface area contributed by atoms with Crippen LogP contribution >= 0.6 is 0 Å². The Morgan fingerprint density at radius 2 is 2.09 bits per heavy atom. The van der Waals surface area contributed by atoms with Crippen molar-refractivity contribution in [3.63, 3.8) is 0 Å². The lowest BCUT2D eigenvalue weighted by atomic mass is 9.99. The molecular formula is C24H21N7O. The van der Waals surface area contributed by atoms with E-state index in [2.05, 4.69) is 31.7 Å². The van der Waals surface area contributed by atoms with Crippen molar-refractivity contribution in [3.8, 4) is 11.1 Å². The van der Waals surface area contributed by atoms with Gasteiger partial charge in [0.2, 0.25) is 0 Å². The van der Waals surface area contributed by atoms with Gasteiger partial charge in [-0.05, 0) is 48.1 Å². The maximum Gasteiger partial charge on any atom is 0.258 e. The van der Waals surface area contributed by atoms with Gasteiger partial charge in [0.05, 0.1) is 29.3 Å². The van der Waals surface area contributed by atoms with E-state index in [4.69, 9.17) is 4.98 Å². The first-order valence-electron chi connectivity index (χ1n) is 10.7. The number of pyridine rings is 2. The maximum absolute atomic E-state index is 13.0. The van der Waals surface area contributed by atoms with Crippen molar-refractivity contribution in [1.29, 1.82) is 0 Å². The molecule has 5 aromatic rings. The second-order valence-electron chi connectivity index (χ2n) is 8.26. The molecule has 0 bridgehead atoms. The van der Waals surface area contributed by atoms with Crippen LogP contribution in [0.15, 0.2) is 59.9 Å². The molecule has 0 saturated heterocycles. The van der Waals surface area contributed by atoms with Crippen molar-refractivity contribution in [2.45, 2.75) is 25.3 Å². The van der Waals surface area contributed by atoms with E-state index in [0.717, 1.165) is 57.3 Å². The van der Waals surface area contributed by atoms with Crippen LogP contribution < -0.4 is 10.9 Å².